The van der Waals surface area contributed by atoms with Crippen molar-refractivity contribution in [2.75, 3.05) is 14.2 Å². The monoisotopic (exact) mass is 295 g/mol. The number of rotatable bonds is 4. The molecular weight excluding hydrogens is 274 g/mol. The maximum Gasteiger partial charge on any atom is 0.371 e. The van der Waals surface area contributed by atoms with Crippen molar-refractivity contribution in [1.82, 2.24) is 4.90 Å². The van der Waals surface area contributed by atoms with Crippen molar-refractivity contribution >= 4 is 11.9 Å². The minimum Gasteiger partial charge on any atom is -0.475 e. The largest absolute Gasteiger partial charge is 0.475 e. The minimum atomic E-state index is -1.19. The molecule has 1 aromatic rings. The summed E-state index contributed by atoms with van der Waals surface area (Å²) in [5.41, 5.74) is -0.476. The molecule has 1 N–H and O–H groups in total. The number of nitrogens with zero attached hydrogens (tertiary/aromatic N) is 1. The third-order valence-corrected chi connectivity index (χ3v) is 5.04. The van der Waals surface area contributed by atoms with Crippen LogP contribution in [0.2, 0.25) is 0 Å². The zero-order valence-electron chi connectivity index (χ0n) is 13.0. The Morgan fingerprint density at radius 3 is 2.33 bits per heavy atom. The van der Waals surface area contributed by atoms with E-state index in [4.69, 9.17) is 14.3 Å². The zero-order valence-corrected chi connectivity index (χ0v) is 13.0. The average molecular weight is 295 g/mol. The summed E-state index contributed by atoms with van der Waals surface area (Å²) >= 11 is 0. The van der Waals surface area contributed by atoms with Crippen LogP contribution in [0.15, 0.2) is 16.5 Å². The Labute approximate surface area is 123 Å². The molecule has 1 heterocycles. The van der Waals surface area contributed by atoms with Crippen molar-refractivity contribution in [3.63, 3.8) is 0 Å². The van der Waals surface area contributed by atoms with Crippen LogP contribution in [0.25, 0.3) is 0 Å². The molecule has 0 aromatic carbocycles. The molecule has 2 atom stereocenters. The number of hydrogen-bond donors (Lipinski definition) is 1. The van der Waals surface area contributed by atoms with E-state index in [1.165, 1.54) is 12.1 Å². The Bertz CT molecular complexity index is 576. The van der Waals surface area contributed by atoms with Crippen molar-refractivity contribution in [1.29, 1.82) is 0 Å². The fraction of sp³-hybridized carbons (Fsp3) is 0.600. The minimum absolute atomic E-state index is 0.00771. The molecule has 21 heavy (non-hydrogen) atoms. The Hall–Kier alpha value is -1.82. The highest BCUT2D eigenvalue weighted by molar-refractivity contribution is 5.93. The number of furan rings is 1. The number of carbonyl (C=O) groups excluding carboxylic acids is 1. The molecule has 0 spiro atoms. The summed E-state index contributed by atoms with van der Waals surface area (Å²) in [7, 11) is 3.37. The molecule has 1 aliphatic rings. The third-order valence-electron chi connectivity index (χ3n) is 5.04. The van der Waals surface area contributed by atoms with E-state index in [2.05, 4.69) is 13.8 Å². The van der Waals surface area contributed by atoms with Crippen LogP contribution in [-0.4, -0.2) is 47.7 Å². The molecule has 0 aliphatic heterocycles. The van der Waals surface area contributed by atoms with Gasteiger partial charge in [-0.1, -0.05) is 13.8 Å². The van der Waals surface area contributed by atoms with E-state index < -0.39 is 5.97 Å². The van der Waals surface area contributed by atoms with Crippen LogP contribution < -0.4 is 0 Å². The van der Waals surface area contributed by atoms with Crippen molar-refractivity contribution in [2.45, 2.75) is 38.8 Å². The summed E-state index contributed by atoms with van der Waals surface area (Å²) in [5.74, 6) is -1.70. The predicted octanol–water partition coefficient (Wildman–Crippen LogP) is 2.25. The lowest BCUT2D eigenvalue weighted by Crippen LogP contribution is -2.68. The molecule has 1 aromatic heterocycles. The molecule has 1 amide bonds. The van der Waals surface area contributed by atoms with Crippen LogP contribution in [0, 0.1) is 5.41 Å². The summed E-state index contributed by atoms with van der Waals surface area (Å²) in [6.45, 7) is 6.13. The Morgan fingerprint density at radius 1 is 1.33 bits per heavy atom. The predicted molar refractivity (Wildman–Crippen MR) is 75.4 cm³/mol. The number of amides is 1. The molecule has 2 unspecified atom stereocenters. The van der Waals surface area contributed by atoms with Gasteiger partial charge in [0.25, 0.3) is 5.91 Å². The molecule has 6 nitrogen and oxygen atoms in total. The summed E-state index contributed by atoms with van der Waals surface area (Å²) in [4.78, 5) is 24.8. The normalized spacial score (nSPS) is 27.0. The highest BCUT2D eigenvalue weighted by Crippen LogP contribution is 2.53. The Balaban J connectivity index is 2.15. The lowest BCUT2D eigenvalue weighted by molar-refractivity contribution is -0.198. The summed E-state index contributed by atoms with van der Waals surface area (Å²) in [6.07, 6.45) is 0.727. The number of carboxylic acid groups (broad SMARTS) is 1. The van der Waals surface area contributed by atoms with E-state index in [0.29, 0.717) is 0 Å². The van der Waals surface area contributed by atoms with Gasteiger partial charge in [0.05, 0.1) is 5.60 Å². The molecule has 0 bridgehead atoms. The number of ether oxygens (including phenoxy) is 1. The summed E-state index contributed by atoms with van der Waals surface area (Å²) in [6, 6.07) is 2.69. The lowest BCUT2D eigenvalue weighted by atomic mass is 9.55. The average Bonchev–Trinajstić information content (AvgIpc) is 2.92. The van der Waals surface area contributed by atoms with Gasteiger partial charge < -0.3 is 19.2 Å². The van der Waals surface area contributed by atoms with E-state index in [9.17, 15) is 9.59 Å². The quantitative estimate of drug-likeness (QED) is 0.921. The van der Waals surface area contributed by atoms with Gasteiger partial charge >= 0.3 is 5.97 Å². The first-order valence-electron chi connectivity index (χ1n) is 6.79. The lowest BCUT2D eigenvalue weighted by Gasteiger charge is -2.61. The highest BCUT2D eigenvalue weighted by Gasteiger charge is 2.60. The van der Waals surface area contributed by atoms with Gasteiger partial charge in [-0.25, -0.2) is 4.79 Å². The van der Waals surface area contributed by atoms with E-state index in [1.807, 2.05) is 6.92 Å². The number of carbonyl (C=O) groups is 2. The maximum atomic E-state index is 12.4. The maximum absolute atomic E-state index is 12.4. The first kappa shape index (κ1) is 15.6. The second kappa shape index (κ2) is 4.87. The van der Waals surface area contributed by atoms with Crippen LogP contribution in [0.3, 0.4) is 0 Å². The van der Waals surface area contributed by atoms with E-state index in [1.54, 1.807) is 19.1 Å². The van der Waals surface area contributed by atoms with Gasteiger partial charge in [0.2, 0.25) is 5.76 Å². The molecule has 116 valence electrons. The van der Waals surface area contributed by atoms with E-state index in [0.717, 1.165) is 6.42 Å². The number of aromatic carboxylic acids is 1. The van der Waals surface area contributed by atoms with Gasteiger partial charge in [0.15, 0.2) is 5.76 Å². The van der Waals surface area contributed by atoms with Crippen LogP contribution >= 0.6 is 0 Å². The van der Waals surface area contributed by atoms with Gasteiger partial charge in [0, 0.05) is 25.6 Å². The zero-order chi connectivity index (χ0) is 16.0. The smallest absolute Gasteiger partial charge is 0.371 e. The standard InChI is InChI=1S/C15H21NO5/c1-14(2)11(8-15(14,3)20-5)16(4)12(17)9-6-7-10(21-9)13(18)19/h6-7,11H,8H2,1-5H3,(H,18,19). The van der Waals surface area contributed by atoms with Gasteiger partial charge in [-0.15, -0.1) is 0 Å². The number of methoxy groups -OCH3 is 1. The van der Waals surface area contributed by atoms with E-state index in [-0.39, 0.29) is 34.5 Å². The Morgan fingerprint density at radius 2 is 1.90 bits per heavy atom. The summed E-state index contributed by atoms with van der Waals surface area (Å²) in [5, 5.41) is 8.83. The first-order chi connectivity index (χ1) is 9.64. The van der Waals surface area contributed by atoms with Crippen molar-refractivity contribution in [3.05, 3.63) is 23.7 Å². The topological polar surface area (TPSA) is 80.0 Å². The second-order valence-corrected chi connectivity index (χ2v) is 6.26. The second-order valence-electron chi connectivity index (χ2n) is 6.26. The fourth-order valence-corrected chi connectivity index (χ4v) is 2.96. The van der Waals surface area contributed by atoms with Crippen molar-refractivity contribution in [3.8, 4) is 0 Å². The third kappa shape index (κ3) is 2.23. The molecule has 0 saturated heterocycles. The highest BCUT2D eigenvalue weighted by atomic mass is 16.5. The summed E-state index contributed by atoms with van der Waals surface area (Å²) < 4.78 is 10.6. The van der Waals surface area contributed by atoms with Gasteiger partial charge in [-0.3, -0.25) is 4.79 Å². The number of hydrogen-bond acceptors (Lipinski definition) is 4. The molecule has 6 heteroatoms. The van der Waals surface area contributed by atoms with Gasteiger partial charge in [-0.05, 0) is 25.5 Å². The van der Waals surface area contributed by atoms with Gasteiger partial charge in [-0.2, -0.15) is 0 Å². The van der Waals surface area contributed by atoms with Gasteiger partial charge in [0.1, 0.15) is 0 Å². The Kier molecular flexibility index (Phi) is 3.61. The fourth-order valence-electron chi connectivity index (χ4n) is 2.96. The molecule has 0 radical (unpaired) electrons. The van der Waals surface area contributed by atoms with E-state index >= 15 is 0 Å². The molecule has 1 aliphatic carbocycles. The SMILES string of the molecule is COC1(C)CC(N(C)C(=O)c2ccc(C(=O)O)o2)C1(C)C. The molecule has 1 fully saturated rings. The first-order valence-corrected chi connectivity index (χ1v) is 6.79. The molecule has 1 saturated carbocycles. The van der Waals surface area contributed by atoms with Crippen LogP contribution in [0.5, 0.6) is 0 Å². The van der Waals surface area contributed by atoms with Crippen LogP contribution in [0.4, 0.5) is 0 Å². The van der Waals surface area contributed by atoms with Crippen LogP contribution in [0.1, 0.15) is 48.3 Å². The van der Waals surface area contributed by atoms with Crippen molar-refractivity contribution < 1.29 is 23.8 Å². The number of carboxylic acids is 1. The molecule has 2 rings (SSSR count). The molecular formula is C15H21NO5. The van der Waals surface area contributed by atoms with Crippen molar-refractivity contribution in [2.24, 2.45) is 5.41 Å². The van der Waals surface area contributed by atoms with Crippen LogP contribution in [-0.2, 0) is 4.74 Å².